The van der Waals surface area contributed by atoms with Gasteiger partial charge in [-0.2, -0.15) is 0 Å². The van der Waals surface area contributed by atoms with Crippen molar-refractivity contribution in [2.24, 2.45) is 0 Å². The molecule has 0 aromatic heterocycles. The van der Waals surface area contributed by atoms with E-state index in [0.29, 0.717) is 29.6 Å². The first-order chi connectivity index (χ1) is 10.4. The summed E-state index contributed by atoms with van der Waals surface area (Å²) in [6.45, 7) is 1.63. The van der Waals surface area contributed by atoms with Crippen molar-refractivity contribution in [2.75, 3.05) is 26.7 Å². The van der Waals surface area contributed by atoms with Gasteiger partial charge < -0.3 is 9.64 Å². The van der Waals surface area contributed by atoms with Crippen LogP contribution in [0.2, 0.25) is 0 Å². The molecule has 0 unspecified atom stereocenters. The second kappa shape index (κ2) is 7.43. The van der Waals surface area contributed by atoms with Crippen molar-refractivity contribution in [3.8, 4) is 5.75 Å². The summed E-state index contributed by atoms with van der Waals surface area (Å²) in [5.41, 5.74) is 0. The number of rotatable bonds is 7. The van der Waals surface area contributed by atoms with Gasteiger partial charge in [-0.05, 0) is 31.0 Å². The predicted octanol–water partition coefficient (Wildman–Crippen LogP) is 1.75. The highest BCUT2D eigenvalue weighted by molar-refractivity contribution is 9.10. The van der Waals surface area contributed by atoms with E-state index in [1.54, 1.807) is 17.0 Å². The summed E-state index contributed by atoms with van der Waals surface area (Å²) in [4.78, 5) is 13.3. The van der Waals surface area contributed by atoms with E-state index < -0.39 is 10.0 Å². The van der Waals surface area contributed by atoms with Crippen molar-refractivity contribution in [1.82, 2.24) is 9.62 Å². The molecule has 1 fully saturated rings. The van der Waals surface area contributed by atoms with Gasteiger partial charge in [0.2, 0.25) is 15.9 Å². The monoisotopic (exact) mass is 390 g/mol. The van der Waals surface area contributed by atoms with Gasteiger partial charge in [0.05, 0.1) is 7.11 Å². The number of carbonyl (C=O) groups excluding carboxylic acids is 1. The number of sulfonamides is 1. The topological polar surface area (TPSA) is 75.7 Å². The fourth-order valence-corrected chi connectivity index (χ4v) is 4.13. The van der Waals surface area contributed by atoms with Gasteiger partial charge in [0, 0.05) is 30.5 Å². The van der Waals surface area contributed by atoms with Crippen molar-refractivity contribution in [1.29, 1.82) is 0 Å². The Hall–Kier alpha value is -1.12. The van der Waals surface area contributed by atoms with E-state index in [1.807, 2.05) is 0 Å². The Labute approximate surface area is 139 Å². The molecule has 0 bridgehead atoms. The number of amides is 1. The Morgan fingerprint density at radius 3 is 2.82 bits per heavy atom. The number of halogens is 1. The van der Waals surface area contributed by atoms with E-state index >= 15 is 0 Å². The quantitative estimate of drug-likeness (QED) is 0.719. The molecule has 0 radical (unpaired) electrons. The second-order valence-electron chi connectivity index (χ2n) is 5.03. The van der Waals surface area contributed by atoms with Gasteiger partial charge in [0.25, 0.3) is 0 Å². The summed E-state index contributed by atoms with van der Waals surface area (Å²) in [6.07, 6.45) is 2.07. The van der Waals surface area contributed by atoms with E-state index in [4.69, 9.17) is 4.74 Å². The Balaban J connectivity index is 1.94. The first-order valence-corrected chi connectivity index (χ1v) is 9.32. The molecule has 1 N–H and O–H groups in total. The minimum atomic E-state index is -3.64. The van der Waals surface area contributed by atoms with Crippen LogP contribution in [0.1, 0.15) is 19.3 Å². The fraction of sp³-hybridized carbons (Fsp3) is 0.500. The number of benzene rings is 1. The second-order valence-corrected chi connectivity index (χ2v) is 7.68. The molecule has 0 atom stereocenters. The normalized spacial score (nSPS) is 15.4. The number of nitrogens with one attached hydrogen (secondary N) is 1. The molecule has 0 spiro atoms. The highest BCUT2D eigenvalue weighted by Gasteiger charge is 2.21. The van der Waals surface area contributed by atoms with E-state index in [2.05, 4.69) is 20.7 Å². The zero-order valence-corrected chi connectivity index (χ0v) is 14.7. The smallest absolute Gasteiger partial charge is 0.244 e. The first-order valence-electron chi connectivity index (χ1n) is 7.05. The molecule has 1 heterocycles. The number of hydrogen-bond donors (Lipinski definition) is 1. The number of nitrogens with zero attached hydrogens (tertiary/aromatic N) is 1. The van der Waals surface area contributed by atoms with Gasteiger partial charge in [-0.25, -0.2) is 13.1 Å². The molecule has 22 heavy (non-hydrogen) atoms. The van der Waals surface area contributed by atoms with Gasteiger partial charge >= 0.3 is 0 Å². The molecule has 2 rings (SSSR count). The Morgan fingerprint density at radius 1 is 1.41 bits per heavy atom. The molecule has 0 saturated carbocycles. The van der Waals surface area contributed by atoms with E-state index in [9.17, 15) is 13.2 Å². The third kappa shape index (κ3) is 4.21. The average Bonchev–Trinajstić information content (AvgIpc) is 2.89. The summed E-state index contributed by atoms with van der Waals surface area (Å²) in [5.74, 6) is 0.446. The number of methoxy groups -OCH3 is 1. The van der Waals surface area contributed by atoms with Crippen LogP contribution in [0, 0.1) is 0 Å². The molecule has 1 aliphatic rings. The van der Waals surface area contributed by atoms with Crippen LogP contribution in [0.3, 0.4) is 0 Å². The van der Waals surface area contributed by atoms with E-state index in [0.717, 1.165) is 13.0 Å². The summed E-state index contributed by atoms with van der Waals surface area (Å²) in [6, 6.07) is 4.82. The minimum Gasteiger partial charge on any atom is -0.495 e. The number of likely N-dealkylation sites (tertiary alicyclic amines) is 1. The lowest BCUT2D eigenvalue weighted by molar-refractivity contribution is -0.127. The standard InChI is InChI=1S/C14H19BrN2O4S/c1-21-12-6-5-11(15)10-13(12)22(19,20)16-7-3-9-17-8-2-4-14(17)18/h5-6,10,16H,2-4,7-9H2,1H3. The van der Waals surface area contributed by atoms with E-state index in [1.165, 1.54) is 13.2 Å². The van der Waals surface area contributed by atoms with Gasteiger partial charge in [-0.15, -0.1) is 0 Å². The summed E-state index contributed by atoms with van der Waals surface area (Å²) in [7, 11) is -2.21. The molecule has 6 nitrogen and oxygen atoms in total. The molecule has 1 amide bonds. The Morgan fingerprint density at radius 2 is 2.18 bits per heavy atom. The molecule has 1 aromatic rings. The van der Waals surface area contributed by atoms with Crippen LogP contribution in [0.25, 0.3) is 0 Å². The van der Waals surface area contributed by atoms with Crippen LogP contribution in [0.5, 0.6) is 5.75 Å². The lowest BCUT2D eigenvalue weighted by Crippen LogP contribution is -2.30. The van der Waals surface area contributed by atoms with Gasteiger partial charge in [0.15, 0.2) is 0 Å². The third-order valence-corrected chi connectivity index (χ3v) is 5.46. The maximum atomic E-state index is 12.3. The van der Waals surface area contributed by atoms with Gasteiger partial charge in [-0.1, -0.05) is 15.9 Å². The van der Waals surface area contributed by atoms with Crippen molar-refractivity contribution in [3.63, 3.8) is 0 Å². The molecule has 1 aromatic carbocycles. The lowest BCUT2D eigenvalue weighted by atomic mass is 10.3. The third-order valence-electron chi connectivity index (χ3n) is 3.48. The predicted molar refractivity (Wildman–Crippen MR) is 86.3 cm³/mol. The molecular formula is C14H19BrN2O4S. The summed E-state index contributed by atoms with van der Waals surface area (Å²) >= 11 is 3.26. The van der Waals surface area contributed by atoms with Crippen molar-refractivity contribution in [2.45, 2.75) is 24.2 Å². The molecule has 122 valence electrons. The summed E-state index contributed by atoms with van der Waals surface area (Å²) in [5, 5.41) is 0. The van der Waals surface area contributed by atoms with E-state index in [-0.39, 0.29) is 17.3 Å². The van der Waals surface area contributed by atoms with Crippen LogP contribution in [0.15, 0.2) is 27.6 Å². The average molecular weight is 391 g/mol. The Kier molecular flexibility index (Phi) is 5.82. The molecule has 8 heteroatoms. The number of carbonyl (C=O) groups is 1. The zero-order valence-electron chi connectivity index (χ0n) is 12.3. The maximum Gasteiger partial charge on any atom is 0.244 e. The minimum absolute atomic E-state index is 0.0987. The van der Waals surface area contributed by atoms with Crippen molar-refractivity contribution < 1.29 is 17.9 Å². The highest BCUT2D eigenvalue weighted by Crippen LogP contribution is 2.27. The molecular weight excluding hydrogens is 372 g/mol. The SMILES string of the molecule is COc1ccc(Br)cc1S(=O)(=O)NCCCN1CCCC1=O. The lowest BCUT2D eigenvalue weighted by Gasteiger charge is -2.15. The maximum absolute atomic E-state index is 12.3. The summed E-state index contributed by atoms with van der Waals surface area (Å²) < 4.78 is 33.0. The van der Waals surface area contributed by atoms with Crippen molar-refractivity contribution >= 4 is 31.9 Å². The van der Waals surface area contributed by atoms with Crippen LogP contribution in [-0.4, -0.2) is 46.0 Å². The fourth-order valence-electron chi connectivity index (χ4n) is 2.36. The highest BCUT2D eigenvalue weighted by atomic mass is 79.9. The molecule has 0 aliphatic carbocycles. The van der Waals surface area contributed by atoms with Crippen LogP contribution in [-0.2, 0) is 14.8 Å². The zero-order chi connectivity index (χ0) is 16.2. The van der Waals surface area contributed by atoms with Crippen LogP contribution >= 0.6 is 15.9 Å². The van der Waals surface area contributed by atoms with Crippen molar-refractivity contribution in [3.05, 3.63) is 22.7 Å². The van der Waals surface area contributed by atoms with Gasteiger partial charge in [0.1, 0.15) is 10.6 Å². The van der Waals surface area contributed by atoms with Gasteiger partial charge in [-0.3, -0.25) is 4.79 Å². The number of ether oxygens (including phenoxy) is 1. The molecule has 1 saturated heterocycles. The van der Waals surface area contributed by atoms with Crippen LogP contribution < -0.4 is 9.46 Å². The molecule has 1 aliphatic heterocycles. The first kappa shape index (κ1) is 17.2. The van der Waals surface area contributed by atoms with Crippen LogP contribution in [0.4, 0.5) is 0 Å². The number of hydrogen-bond acceptors (Lipinski definition) is 4. The Bertz CT molecular complexity index is 648. The largest absolute Gasteiger partial charge is 0.495 e.